The summed E-state index contributed by atoms with van der Waals surface area (Å²) >= 11 is 2.82. The number of rotatable bonds is 11. The standard InChI is InChI=1S/C21H24N4O3S2/c1-3-22-20-24-25-21(30-20)29-14-19(26)23-12-16-9-10-17(18(11-16)27-2)28-13-15-7-5-4-6-8-15/h4-11H,3,12-14H2,1-2H3,(H,22,24)(H,23,26). The van der Waals surface area contributed by atoms with Crippen molar-refractivity contribution in [2.45, 2.75) is 24.4 Å². The second-order valence-electron chi connectivity index (χ2n) is 6.23. The minimum absolute atomic E-state index is 0.0661. The Labute approximate surface area is 184 Å². The maximum atomic E-state index is 12.2. The highest BCUT2D eigenvalue weighted by molar-refractivity contribution is 8.01. The number of thioether (sulfide) groups is 1. The first-order chi connectivity index (χ1) is 14.7. The van der Waals surface area contributed by atoms with Crippen molar-refractivity contribution in [2.24, 2.45) is 0 Å². The van der Waals surface area contributed by atoms with Crippen LogP contribution in [-0.2, 0) is 17.9 Å². The zero-order valence-electron chi connectivity index (χ0n) is 16.9. The molecule has 0 bridgehead atoms. The number of nitrogens with one attached hydrogen (secondary N) is 2. The number of carbonyl (C=O) groups is 1. The van der Waals surface area contributed by atoms with E-state index in [2.05, 4.69) is 20.8 Å². The summed E-state index contributed by atoms with van der Waals surface area (Å²) in [7, 11) is 1.60. The van der Waals surface area contributed by atoms with E-state index >= 15 is 0 Å². The third-order valence-electron chi connectivity index (χ3n) is 4.02. The molecule has 3 aromatic rings. The Morgan fingerprint density at radius 1 is 1.10 bits per heavy atom. The first-order valence-corrected chi connectivity index (χ1v) is 11.3. The van der Waals surface area contributed by atoms with Crippen LogP contribution < -0.4 is 20.1 Å². The lowest BCUT2D eigenvalue weighted by molar-refractivity contribution is -0.118. The quantitative estimate of drug-likeness (QED) is 0.433. The second kappa shape index (κ2) is 11.4. The molecule has 0 aliphatic heterocycles. The number of amides is 1. The van der Waals surface area contributed by atoms with Gasteiger partial charge >= 0.3 is 0 Å². The summed E-state index contributed by atoms with van der Waals surface area (Å²) in [5.41, 5.74) is 2.02. The fourth-order valence-electron chi connectivity index (χ4n) is 2.55. The first-order valence-electron chi connectivity index (χ1n) is 9.48. The molecule has 0 radical (unpaired) electrons. The summed E-state index contributed by atoms with van der Waals surface area (Å²) in [6.45, 7) is 3.66. The lowest BCUT2D eigenvalue weighted by atomic mass is 10.2. The average molecular weight is 445 g/mol. The molecule has 0 spiro atoms. The van der Waals surface area contributed by atoms with E-state index in [0.717, 1.165) is 27.1 Å². The summed E-state index contributed by atoms with van der Waals surface area (Å²) < 4.78 is 12.1. The SMILES string of the molecule is CCNc1nnc(SCC(=O)NCc2ccc(OCc3ccccc3)c(OC)c2)s1. The number of hydrogen-bond donors (Lipinski definition) is 2. The smallest absolute Gasteiger partial charge is 0.230 e. The molecular formula is C21H24N4O3S2. The van der Waals surface area contributed by atoms with E-state index in [1.54, 1.807) is 7.11 Å². The summed E-state index contributed by atoms with van der Waals surface area (Å²) in [6.07, 6.45) is 0. The van der Waals surface area contributed by atoms with Gasteiger partial charge in [0.25, 0.3) is 0 Å². The largest absolute Gasteiger partial charge is 0.493 e. The van der Waals surface area contributed by atoms with E-state index < -0.39 is 0 Å². The molecular weight excluding hydrogens is 420 g/mol. The van der Waals surface area contributed by atoms with Crippen molar-refractivity contribution in [3.05, 3.63) is 59.7 Å². The number of carbonyl (C=O) groups excluding carboxylic acids is 1. The molecule has 9 heteroatoms. The Balaban J connectivity index is 1.47. The molecule has 0 saturated carbocycles. The van der Waals surface area contributed by atoms with E-state index in [1.807, 2.05) is 55.5 Å². The lowest BCUT2D eigenvalue weighted by Crippen LogP contribution is -2.24. The summed E-state index contributed by atoms with van der Waals surface area (Å²) in [4.78, 5) is 12.2. The fraction of sp³-hybridized carbons (Fsp3) is 0.286. The van der Waals surface area contributed by atoms with Crippen LogP contribution in [0.4, 0.5) is 5.13 Å². The maximum absolute atomic E-state index is 12.2. The molecule has 1 amide bonds. The van der Waals surface area contributed by atoms with Crippen LogP contribution in [0.1, 0.15) is 18.1 Å². The van der Waals surface area contributed by atoms with Crippen LogP contribution in [-0.4, -0.2) is 35.5 Å². The zero-order valence-corrected chi connectivity index (χ0v) is 18.5. The van der Waals surface area contributed by atoms with Crippen molar-refractivity contribution in [1.82, 2.24) is 15.5 Å². The number of hydrogen-bond acceptors (Lipinski definition) is 8. The third-order valence-corrected chi connectivity index (χ3v) is 6.03. The first kappa shape index (κ1) is 21.9. The normalized spacial score (nSPS) is 10.5. The van der Waals surface area contributed by atoms with E-state index in [9.17, 15) is 4.79 Å². The molecule has 0 fully saturated rings. The Bertz CT molecular complexity index is 950. The number of anilines is 1. The summed E-state index contributed by atoms with van der Waals surface area (Å²) in [5.74, 6) is 1.52. The van der Waals surface area contributed by atoms with Crippen LogP contribution in [0.15, 0.2) is 52.9 Å². The predicted molar refractivity (Wildman–Crippen MR) is 120 cm³/mol. The van der Waals surface area contributed by atoms with Crippen LogP contribution >= 0.6 is 23.1 Å². The third kappa shape index (κ3) is 6.64. The van der Waals surface area contributed by atoms with Crippen molar-refractivity contribution in [2.75, 3.05) is 24.7 Å². The van der Waals surface area contributed by atoms with Gasteiger partial charge in [-0.25, -0.2) is 0 Å². The molecule has 0 aliphatic rings. The molecule has 1 heterocycles. The molecule has 0 aliphatic carbocycles. The van der Waals surface area contributed by atoms with Crippen LogP contribution in [0.2, 0.25) is 0 Å². The minimum atomic E-state index is -0.0661. The summed E-state index contributed by atoms with van der Waals surface area (Å²) in [6, 6.07) is 15.6. The van der Waals surface area contributed by atoms with Gasteiger partial charge in [0.1, 0.15) is 6.61 Å². The van der Waals surface area contributed by atoms with Gasteiger partial charge in [-0.05, 0) is 30.2 Å². The van der Waals surface area contributed by atoms with Crippen molar-refractivity contribution in [3.8, 4) is 11.5 Å². The molecule has 0 atom stereocenters. The van der Waals surface area contributed by atoms with Crippen molar-refractivity contribution >= 4 is 34.1 Å². The van der Waals surface area contributed by atoms with Gasteiger partial charge in [0.05, 0.1) is 12.9 Å². The molecule has 3 rings (SSSR count). The van der Waals surface area contributed by atoms with Gasteiger partial charge in [0, 0.05) is 13.1 Å². The van der Waals surface area contributed by atoms with Crippen molar-refractivity contribution in [3.63, 3.8) is 0 Å². The highest BCUT2D eigenvalue weighted by Gasteiger charge is 2.10. The molecule has 2 aromatic carbocycles. The topological polar surface area (TPSA) is 85.4 Å². The van der Waals surface area contributed by atoms with E-state index in [0.29, 0.717) is 24.7 Å². The Morgan fingerprint density at radius 3 is 2.70 bits per heavy atom. The van der Waals surface area contributed by atoms with Gasteiger partial charge in [0.2, 0.25) is 11.0 Å². The van der Waals surface area contributed by atoms with Gasteiger partial charge < -0.3 is 20.1 Å². The minimum Gasteiger partial charge on any atom is -0.493 e. The van der Waals surface area contributed by atoms with Crippen LogP contribution in [0.25, 0.3) is 0 Å². The Kier molecular flexibility index (Phi) is 8.34. The van der Waals surface area contributed by atoms with Crippen molar-refractivity contribution < 1.29 is 14.3 Å². The van der Waals surface area contributed by atoms with E-state index in [1.165, 1.54) is 23.1 Å². The average Bonchev–Trinajstić information content (AvgIpc) is 3.23. The summed E-state index contributed by atoms with van der Waals surface area (Å²) in [5, 5.41) is 14.9. The van der Waals surface area contributed by atoms with Crippen LogP contribution in [0.3, 0.4) is 0 Å². The fourth-order valence-corrected chi connectivity index (χ4v) is 4.20. The number of benzene rings is 2. The van der Waals surface area contributed by atoms with Crippen LogP contribution in [0.5, 0.6) is 11.5 Å². The second-order valence-corrected chi connectivity index (χ2v) is 8.43. The number of ether oxygens (including phenoxy) is 2. The molecule has 2 N–H and O–H groups in total. The van der Waals surface area contributed by atoms with Gasteiger partial charge in [0.15, 0.2) is 15.8 Å². The van der Waals surface area contributed by atoms with E-state index in [4.69, 9.17) is 9.47 Å². The highest BCUT2D eigenvalue weighted by Crippen LogP contribution is 2.29. The molecule has 30 heavy (non-hydrogen) atoms. The number of aromatic nitrogens is 2. The molecule has 1 aromatic heterocycles. The molecule has 7 nitrogen and oxygen atoms in total. The molecule has 0 unspecified atom stereocenters. The predicted octanol–water partition coefficient (Wildman–Crippen LogP) is 3.97. The lowest BCUT2D eigenvalue weighted by Gasteiger charge is -2.13. The molecule has 0 saturated heterocycles. The number of nitrogens with zero attached hydrogens (tertiary/aromatic N) is 2. The van der Waals surface area contributed by atoms with Gasteiger partial charge in [-0.2, -0.15) is 0 Å². The highest BCUT2D eigenvalue weighted by atomic mass is 32.2. The van der Waals surface area contributed by atoms with Gasteiger partial charge in [-0.1, -0.05) is 59.5 Å². The van der Waals surface area contributed by atoms with Gasteiger partial charge in [-0.3, -0.25) is 4.79 Å². The number of methoxy groups -OCH3 is 1. The Morgan fingerprint density at radius 2 is 1.93 bits per heavy atom. The molecule has 158 valence electrons. The van der Waals surface area contributed by atoms with E-state index in [-0.39, 0.29) is 11.7 Å². The van der Waals surface area contributed by atoms with Crippen molar-refractivity contribution in [1.29, 1.82) is 0 Å². The monoisotopic (exact) mass is 444 g/mol. The maximum Gasteiger partial charge on any atom is 0.230 e. The van der Waals surface area contributed by atoms with Crippen LogP contribution in [0, 0.1) is 0 Å². The zero-order chi connectivity index (χ0) is 21.2. The van der Waals surface area contributed by atoms with Gasteiger partial charge in [-0.15, -0.1) is 10.2 Å². The Hall–Kier alpha value is -2.78.